The Morgan fingerprint density at radius 1 is 1.16 bits per heavy atom. The first kappa shape index (κ1) is 28.0. The van der Waals surface area contributed by atoms with Crippen molar-refractivity contribution in [2.75, 3.05) is 27.2 Å². The van der Waals surface area contributed by atoms with Gasteiger partial charge in [-0.05, 0) is 52.0 Å². The molecule has 2 unspecified atom stereocenters. The number of rotatable bonds is 8. The molecule has 0 spiro atoms. The van der Waals surface area contributed by atoms with Crippen molar-refractivity contribution in [1.82, 2.24) is 20.9 Å². The van der Waals surface area contributed by atoms with Crippen LogP contribution in [-0.2, 0) is 9.53 Å². The standard InChI is InChI=1S/C23H37N5O3.HI/c1-16(17-10-8-7-9-11-17)26-21(25-15-20(29)28(5)6)24-14-19(18-12-13-18)27-22(30)31-23(2,3)4;/h7-11,16,18-19H,12-15H2,1-6H3,(H,27,30)(H2,24,25,26);1H. The van der Waals surface area contributed by atoms with Crippen molar-refractivity contribution >= 4 is 41.9 Å². The van der Waals surface area contributed by atoms with Gasteiger partial charge in [0.25, 0.3) is 0 Å². The van der Waals surface area contributed by atoms with Crippen LogP contribution in [0.15, 0.2) is 35.3 Å². The molecule has 1 saturated carbocycles. The Kier molecular flexibility index (Phi) is 11.2. The van der Waals surface area contributed by atoms with Gasteiger partial charge in [0.05, 0.1) is 12.1 Å². The van der Waals surface area contributed by atoms with E-state index in [0.29, 0.717) is 18.4 Å². The van der Waals surface area contributed by atoms with E-state index in [1.807, 2.05) is 58.0 Å². The third-order valence-corrected chi connectivity index (χ3v) is 4.91. The quantitative estimate of drug-likeness (QED) is 0.258. The minimum Gasteiger partial charge on any atom is -0.444 e. The molecule has 0 saturated heterocycles. The molecule has 9 heteroatoms. The Bertz CT molecular complexity index is 761. The molecule has 0 aromatic heterocycles. The Hall–Kier alpha value is -2.04. The van der Waals surface area contributed by atoms with Gasteiger partial charge in [0, 0.05) is 20.6 Å². The van der Waals surface area contributed by atoms with Gasteiger partial charge in [-0.25, -0.2) is 9.79 Å². The lowest BCUT2D eigenvalue weighted by atomic mass is 10.1. The zero-order valence-corrected chi connectivity index (χ0v) is 22.3. The number of nitrogens with one attached hydrogen (secondary N) is 3. The Morgan fingerprint density at radius 3 is 2.31 bits per heavy atom. The van der Waals surface area contributed by atoms with Crippen molar-refractivity contribution in [2.24, 2.45) is 10.9 Å². The summed E-state index contributed by atoms with van der Waals surface area (Å²) < 4.78 is 5.41. The lowest BCUT2D eigenvalue weighted by Crippen LogP contribution is -2.49. The second-order valence-corrected chi connectivity index (χ2v) is 9.20. The molecule has 0 bridgehead atoms. The molecule has 2 amide bonds. The van der Waals surface area contributed by atoms with E-state index < -0.39 is 11.7 Å². The SMILES string of the molecule is CC(NC(=NCC(=O)N(C)C)NCC(NC(=O)OC(C)(C)C)C1CC1)c1ccccc1.I. The molecular weight excluding hydrogens is 521 g/mol. The number of hydrogen-bond acceptors (Lipinski definition) is 4. The first-order chi connectivity index (χ1) is 14.5. The highest BCUT2D eigenvalue weighted by molar-refractivity contribution is 14.0. The van der Waals surface area contributed by atoms with E-state index >= 15 is 0 Å². The summed E-state index contributed by atoms with van der Waals surface area (Å²) in [6.45, 7) is 8.11. The Balaban J connectivity index is 0.00000512. The van der Waals surface area contributed by atoms with Crippen LogP contribution < -0.4 is 16.0 Å². The maximum Gasteiger partial charge on any atom is 0.407 e. The molecule has 0 aliphatic heterocycles. The number of carbonyl (C=O) groups excluding carboxylic acids is 2. The van der Waals surface area contributed by atoms with Crippen molar-refractivity contribution in [2.45, 2.75) is 58.2 Å². The maximum atomic E-state index is 12.2. The van der Waals surface area contributed by atoms with Crippen molar-refractivity contribution in [3.63, 3.8) is 0 Å². The number of halogens is 1. The molecule has 0 heterocycles. The number of nitrogens with zero attached hydrogens (tertiary/aromatic N) is 2. The predicted octanol–water partition coefficient (Wildman–Crippen LogP) is 3.29. The minimum atomic E-state index is -0.544. The number of carbonyl (C=O) groups is 2. The van der Waals surface area contributed by atoms with Gasteiger partial charge in [0.1, 0.15) is 12.1 Å². The number of hydrogen-bond donors (Lipinski definition) is 3. The summed E-state index contributed by atoms with van der Waals surface area (Å²) in [5, 5.41) is 9.64. The van der Waals surface area contributed by atoms with Crippen LogP contribution in [0.5, 0.6) is 0 Å². The topological polar surface area (TPSA) is 95.1 Å². The number of benzene rings is 1. The second kappa shape index (κ2) is 12.9. The van der Waals surface area contributed by atoms with Crippen LogP contribution in [0.4, 0.5) is 4.79 Å². The third-order valence-electron chi connectivity index (χ3n) is 4.91. The van der Waals surface area contributed by atoms with E-state index in [9.17, 15) is 9.59 Å². The highest BCUT2D eigenvalue weighted by Gasteiger charge is 2.33. The van der Waals surface area contributed by atoms with Gasteiger partial charge in [-0.1, -0.05) is 30.3 Å². The van der Waals surface area contributed by atoms with E-state index in [0.717, 1.165) is 18.4 Å². The van der Waals surface area contributed by atoms with Gasteiger partial charge < -0.3 is 25.6 Å². The molecule has 1 aliphatic carbocycles. The van der Waals surface area contributed by atoms with Crippen LogP contribution in [0.1, 0.15) is 52.1 Å². The molecular formula is C23H38IN5O3. The molecule has 1 aromatic carbocycles. The lowest BCUT2D eigenvalue weighted by Gasteiger charge is -2.25. The van der Waals surface area contributed by atoms with E-state index in [4.69, 9.17) is 4.74 Å². The molecule has 0 radical (unpaired) electrons. The zero-order chi connectivity index (χ0) is 23.0. The molecule has 8 nitrogen and oxygen atoms in total. The normalized spacial score (nSPS) is 15.6. The molecule has 32 heavy (non-hydrogen) atoms. The number of likely N-dealkylation sites (N-methyl/N-ethyl adjacent to an activating group) is 1. The number of alkyl carbamates (subject to hydrolysis) is 1. The fourth-order valence-electron chi connectivity index (χ4n) is 2.97. The summed E-state index contributed by atoms with van der Waals surface area (Å²) in [5.41, 5.74) is 0.568. The summed E-state index contributed by atoms with van der Waals surface area (Å²) in [6, 6.07) is 9.96. The van der Waals surface area contributed by atoms with Gasteiger partial charge in [0.15, 0.2) is 5.96 Å². The molecule has 2 atom stereocenters. The summed E-state index contributed by atoms with van der Waals surface area (Å²) in [7, 11) is 3.41. The molecule has 2 rings (SSSR count). The van der Waals surface area contributed by atoms with Gasteiger partial charge in [-0.2, -0.15) is 0 Å². The van der Waals surface area contributed by atoms with E-state index in [1.54, 1.807) is 14.1 Å². The molecule has 1 aliphatic rings. The zero-order valence-electron chi connectivity index (χ0n) is 20.0. The van der Waals surface area contributed by atoms with Crippen LogP contribution in [-0.4, -0.2) is 61.7 Å². The fraction of sp³-hybridized carbons (Fsp3) is 0.609. The Morgan fingerprint density at radius 2 is 1.78 bits per heavy atom. The van der Waals surface area contributed by atoms with Gasteiger partial charge in [-0.15, -0.1) is 24.0 Å². The summed E-state index contributed by atoms with van der Waals surface area (Å²) in [4.78, 5) is 30.2. The average Bonchev–Trinajstić information content (AvgIpc) is 3.52. The maximum absolute atomic E-state index is 12.2. The number of amides is 2. The van der Waals surface area contributed by atoms with Crippen LogP contribution in [0.3, 0.4) is 0 Å². The summed E-state index contributed by atoms with van der Waals surface area (Å²) >= 11 is 0. The molecule has 180 valence electrons. The van der Waals surface area contributed by atoms with Crippen molar-refractivity contribution in [3.8, 4) is 0 Å². The molecule has 1 fully saturated rings. The number of guanidine groups is 1. The van der Waals surface area contributed by atoms with E-state index in [1.165, 1.54) is 4.90 Å². The molecule has 3 N–H and O–H groups in total. The van der Waals surface area contributed by atoms with Crippen molar-refractivity contribution in [1.29, 1.82) is 0 Å². The van der Waals surface area contributed by atoms with Gasteiger partial charge in [-0.3, -0.25) is 4.79 Å². The van der Waals surface area contributed by atoms with E-state index in [2.05, 4.69) is 20.9 Å². The van der Waals surface area contributed by atoms with E-state index in [-0.39, 0.29) is 48.5 Å². The van der Waals surface area contributed by atoms with Gasteiger partial charge in [0.2, 0.25) is 5.91 Å². The average molecular weight is 559 g/mol. The fourth-order valence-corrected chi connectivity index (χ4v) is 2.97. The number of aliphatic imine (C=N–C) groups is 1. The van der Waals surface area contributed by atoms with Crippen molar-refractivity contribution < 1.29 is 14.3 Å². The number of ether oxygens (including phenoxy) is 1. The van der Waals surface area contributed by atoms with Crippen molar-refractivity contribution in [3.05, 3.63) is 35.9 Å². The van der Waals surface area contributed by atoms with Crippen LogP contribution in [0, 0.1) is 5.92 Å². The Labute approximate surface area is 209 Å². The van der Waals surface area contributed by atoms with Crippen LogP contribution in [0.25, 0.3) is 0 Å². The largest absolute Gasteiger partial charge is 0.444 e. The minimum absolute atomic E-state index is 0. The first-order valence-electron chi connectivity index (χ1n) is 10.8. The summed E-state index contributed by atoms with van der Waals surface area (Å²) in [5.74, 6) is 0.860. The highest BCUT2D eigenvalue weighted by Crippen LogP contribution is 2.32. The second-order valence-electron chi connectivity index (χ2n) is 9.20. The third kappa shape index (κ3) is 10.5. The summed E-state index contributed by atoms with van der Waals surface area (Å²) in [6.07, 6.45) is 1.72. The smallest absolute Gasteiger partial charge is 0.407 e. The predicted molar refractivity (Wildman–Crippen MR) is 138 cm³/mol. The highest BCUT2D eigenvalue weighted by atomic mass is 127. The first-order valence-corrected chi connectivity index (χ1v) is 10.8. The van der Waals surface area contributed by atoms with Crippen LogP contribution in [0.2, 0.25) is 0 Å². The lowest BCUT2D eigenvalue weighted by molar-refractivity contribution is -0.127. The van der Waals surface area contributed by atoms with Crippen LogP contribution >= 0.6 is 24.0 Å². The van der Waals surface area contributed by atoms with Gasteiger partial charge >= 0.3 is 6.09 Å². The molecule has 1 aromatic rings. The monoisotopic (exact) mass is 559 g/mol.